The van der Waals surface area contributed by atoms with E-state index in [9.17, 15) is 14.4 Å². The van der Waals surface area contributed by atoms with Gasteiger partial charge >= 0.3 is 11.7 Å². The lowest BCUT2D eigenvalue weighted by molar-refractivity contribution is -0.134. The number of imidazole rings is 1. The van der Waals surface area contributed by atoms with Crippen LogP contribution in [0.2, 0.25) is 0 Å². The third-order valence-electron chi connectivity index (χ3n) is 10.2. The Bertz CT molecular complexity index is 1610. The van der Waals surface area contributed by atoms with Gasteiger partial charge in [-0.25, -0.2) is 9.59 Å². The van der Waals surface area contributed by atoms with E-state index < -0.39 is 6.04 Å². The maximum Gasteiger partial charge on any atom is 0.326 e. The van der Waals surface area contributed by atoms with E-state index in [4.69, 9.17) is 5.73 Å². The zero-order valence-corrected chi connectivity index (χ0v) is 30.7. The van der Waals surface area contributed by atoms with Crippen molar-refractivity contribution in [2.45, 2.75) is 56.7 Å². The van der Waals surface area contributed by atoms with E-state index in [-0.39, 0.29) is 23.7 Å². The summed E-state index contributed by atoms with van der Waals surface area (Å²) in [5.41, 5.74) is 9.23. The number of aromatic amines is 1. The molecule has 3 aromatic rings. The molecule has 0 unspecified atom stereocenters. The van der Waals surface area contributed by atoms with E-state index in [0.717, 1.165) is 64.8 Å². The Morgan fingerprint density at radius 3 is 2.23 bits per heavy atom. The number of rotatable bonds is 7. The first-order valence-corrected chi connectivity index (χ1v) is 18.6. The molecule has 0 aliphatic carbocycles. The summed E-state index contributed by atoms with van der Waals surface area (Å²) in [6.45, 7) is 6.72. The number of likely N-dealkylation sites (N-methyl/N-ethyl adjacent to an activating group) is 1. The predicted octanol–water partition coefficient (Wildman–Crippen LogP) is 4.54. The lowest BCUT2D eigenvalue weighted by atomic mass is 9.99. The Labute approximate surface area is 299 Å². The number of nitrogen functional groups attached to an aromatic ring is 1. The molecule has 3 amide bonds. The number of amides is 3. The van der Waals surface area contributed by atoms with Crippen molar-refractivity contribution >= 4 is 49.5 Å². The van der Waals surface area contributed by atoms with Crippen LogP contribution in [0.4, 0.5) is 10.5 Å². The second-order valence-electron chi connectivity index (χ2n) is 13.4. The molecular weight excluding hydrogens is 740 g/mol. The molecule has 4 N–H and O–H groups in total. The Balaban J connectivity index is 1.10. The Hall–Kier alpha value is -3.13. The molecule has 6 rings (SSSR count). The number of urea groups is 1. The number of hydrogen-bond donors (Lipinski definition) is 3. The Morgan fingerprint density at radius 1 is 0.896 bits per heavy atom. The molecule has 3 aliphatic heterocycles. The number of H-pyrrole nitrogens is 1. The molecule has 0 bridgehead atoms. The van der Waals surface area contributed by atoms with Gasteiger partial charge in [0, 0.05) is 72.9 Å². The number of nitrogens with two attached hydrogens (primary N) is 1. The second kappa shape index (κ2) is 15.6. The highest BCUT2D eigenvalue weighted by atomic mass is 79.9. The molecule has 1 aromatic heterocycles. The van der Waals surface area contributed by atoms with E-state index >= 15 is 0 Å². The van der Waals surface area contributed by atoms with E-state index in [1.165, 1.54) is 6.42 Å². The summed E-state index contributed by atoms with van der Waals surface area (Å²) in [6, 6.07) is 13.1. The number of piperidine rings is 2. The van der Waals surface area contributed by atoms with Gasteiger partial charge in [-0.05, 0) is 107 Å². The average molecular weight is 787 g/mol. The van der Waals surface area contributed by atoms with Crippen molar-refractivity contribution in [1.29, 1.82) is 0 Å². The van der Waals surface area contributed by atoms with Crippen molar-refractivity contribution in [3.05, 3.63) is 73.7 Å². The van der Waals surface area contributed by atoms with E-state index in [2.05, 4.69) is 59.0 Å². The fourth-order valence-electron chi connectivity index (χ4n) is 7.33. The number of nitrogens with zero attached hydrogens (tertiary/aromatic N) is 5. The van der Waals surface area contributed by atoms with Crippen LogP contribution < -0.4 is 16.7 Å². The molecule has 1 atom stereocenters. The maximum atomic E-state index is 14.1. The van der Waals surface area contributed by atoms with Gasteiger partial charge in [-0.15, -0.1) is 0 Å². The van der Waals surface area contributed by atoms with Crippen LogP contribution in [0.5, 0.6) is 0 Å². The van der Waals surface area contributed by atoms with Gasteiger partial charge in [-0.1, -0.05) is 30.3 Å². The molecule has 11 nitrogen and oxygen atoms in total. The lowest BCUT2D eigenvalue weighted by Gasteiger charge is -2.39. The van der Waals surface area contributed by atoms with Gasteiger partial charge in [-0.3, -0.25) is 14.3 Å². The lowest BCUT2D eigenvalue weighted by Crippen LogP contribution is -2.56. The van der Waals surface area contributed by atoms with Crippen LogP contribution in [-0.4, -0.2) is 113 Å². The maximum absolute atomic E-state index is 14.1. The summed E-state index contributed by atoms with van der Waals surface area (Å²) in [7, 11) is 2.19. The number of carbonyl (C=O) groups excluding carboxylic acids is 2. The molecule has 3 aliphatic rings. The number of nitrogens with one attached hydrogen (secondary N) is 2. The normalized spacial score (nSPS) is 19.6. The monoisotopic (exact) mass is 784 g/mol. The number of carbonyl (C=O) groups is 2. The molecule has 0 spiro atoms. The van der Waals surface area contributed by atoms with Crippen LogP contribution >= 0.6 is 31.9 Å². The molecule has 13 heteroatoms. The zero-order chi connectivity index (χ0) is 33.8. The summed E-state index contributed by atoms with van der Waals surface area (Å²) in [5, 5.41) is 3.11. The molecule has 2 aromatic carbocycles. The molecule has 48 heavy (non-hydrogen) atoms. The molecule has 4 heterocycles. The van der Waals surface area contributed by atoms with Crippen molar-refractivity contribution in [2.24, 2.45) is 0 Å². The van der Waals surface area contributed by atoms with Gasteiger partial charge in [-0.2, -0.15) is 0 Å². The van der Waals surface area contributed by atoms with Gasteiger partial charge in [0.25, 0.3) is 0 Å². The molecule has 0 radical (unpaired) electrons. The largest absolute Gasteiger partial charge is 0.397 e. The zero-order valence-electron chi connectivity index (χ0n) is 27.5. The topological polar surface area (TPSA) is 123 Å². The van der Waals surface area contributed by atoms with Gasteiger partial charge in [0.05, 0.1) is 11.4 Å². The van der Waals surface area contributed by atoms with Crippen molar-refractivity contribution < 1.29 is 9.59 Å². The predicted molar refractivity (Wildman–Crippen MR) is 196 cm³/mol. The third kappa shape index (κ3) is 8.18. The van der Waals surface area contributed by atoms with Gasteiger partial charge in [0.1, 0.15) is 6.04 Å². The smallest absolute Gasteiger partial charge is 0.326 e. The number of halogens is 2. The quantitative estimate of drug-likeness (QED) is 0.303. The van der Waals surface area contributed by atoms with Crippen LogP contribution in [0.25, 0.3) is 11.3 Å². The minimum Gasteiger partial charge on any atom is -0.397 e. The molecule has 258 valence electrons. The number of aromatic nitrogens is 2. The fraction of sp³-hybridized carbons (Fsp3) is 0.514. The van der Waals surface area contributed by atoms with Gasteiger partial charge in [0.2, 0.25) is 5.91 Å². The SMILES string of the molecule is CN1CCCN(C2CCN(C(=O)[C@@H](Cc3cc(Br)c(N)c(Br)c3)NC(=O)N3CCC(n4cc(-c5ccccc5)[nH]c4=O)CC3)CC2)CC1. The summed E-state index contributed by atoms with van der Waals surface area (Å²) >= 11 is 7.06. The average Bonchev–Trinajstić information content (AvgIpc) is 3.36. The highest BCUT2D eigenvalue weighted by Gasteiger charge is 2.34. The molecule has 3 saturated heterocycles. The van der Waals surface area contributed by atoms with Gasteiger partial charge in [0.15, 0.2) is 0 Å². The minimum absolute atomic E-state index is 0.0111. The van der Waals surface area contributed by atoms with Crippen molar-refractivity contribution in [3.8, 4) is 11.3 Å². The van der Waals surface area contributed by atoms with E-state index in [1.54, 1.807) is 9.47 Å². The Morgan fingerprint density at radius 2 is 1.54 bits per heavy atom. The second-order valence-corrected chi connectivity index (χ2v) is 15.1. The highest BCUT2D eigenvalue weighted by molar-refractivity contribution is 9.11. The molecule has 0 saturated carbocycles. The van der Waals surface area contributed by atoms with Gasteiger partial charge < -0.3 is 30.7 Å². The highest BCUT2D eigenvalue weighted by Crippen LogP contribution is 2.31. The van der Waals surface area contributed by atoms with Crippen LogP contribution in [0.15, 0.2) is 62.4 Å². The standard InChI is InChI=1S/C35H46Br2N8O3/c1-41-12-5-13-42(19-18-41)26-8-14-43(15-9-26)33(46)30(22-24-20-28(36)32(38)29(37)21-24)39-34(47)44-16-10-27(11-17-44)45-23-31(40-35(45)48)25-6-3-2-4-7-25/h2-4,6-7,20-21,23,26-27,30H,5,8-19,22,38H2,1H3,(H,39,47)(H,40,48)/t30-/m1/s1. The van der Waals surface area contributed by atoms with Crippen LogP contribution in [0, 0.1) is 0 Å². The number of likely N-dealkylation sites (tertiary alicyclic amines) is 2. The van der Waals surface area contributed by atoms with Crippen molar-refractivity contribution in [1.82, 2.24) is 34.5 Å². The first kappa shape index (κ1) is 34.7. The van der Waals surface area contributed by atoms with E-state index in [1.807, 2.05) is 53.6 Å². The van der Waals surface area contributed by atoms with Crippen LogP contribution in [0.3, 0.4) is 0 Å². The Kier molecular flexibility index (Phi) is 11.3. The summed E-state index contributed by atoms with van der Waals surface area (Å²) in [5.74, 6) is -0.0522. The van der Waals surface area contributed by atoms with Crippen molar-refractivity contribution in [3.63, 3.8) is 0 Å². The number of anilines is 1. The van der Waals surface area contributed by atoms with Crippen LogP contribution in [0.1, 0.15) is 43.7 Å². The third-order valence-corrected chi connectivity index (χ3v) is 11.5. The van der Waals surface area contributed by atoms with Crippen molar-refractivity contribution in [2.75, 3.05) is 65.1 Å². The first-order chi connectivity index (χ1) is 23.2. The summed E-state index contributed by atoms with van der Waals surface area (Å²) < 4.78 is 3.24. The number of hydrogen-bond acceptors (Lipinski definition) is 6. The fourth-order valence-corrected chi connectivity index (χ4v) is 8.61. The van der Waals surface area contributed by atoms with E-state index in [0.29, 0.717) is 57.2 Å². The minimum atomic E-state index is -0.721. The number of benzene rings is 2. The first-order valence-electron chi connectivity index (χ1n) is 17.0. The summed E-state index contributed by atoms with van der Waals surface area (Å²) in [6.07, 6.45) is 6.57. The molecule has 3 fully saturated rings. The van der Waals surface area contributed by atoms with Crippen LogP contribution in [-0.2, 0) is 11.2 Å². The summed E-state index contributed by atoms with van der Waals surface area (Å²) in [4.78, 5) is 52.3. The molecular formula is C35H46Br2N8O3.